The van der Waals surface area contributed by atoms with Crippen LogP contribution in [0, 0.1) is 0 Å². The Morgan fingerprint density at radius 3 is 2.81 bits per heavy atom. The second-order valence-electron chi connectivity index (χ2n) is 5.78. The maximum Gasteiger partial charge on any atom is 0.262 e. The predicted octanol–water partition coefficient (Wildman–Crippen LogP) is 2.61. The SMILES string of the molecule is COc1ccc(NC(=O)CCc2ccc3c(c2)NC(=O)CO3)c(OC)c1. The number of carbonyl (C=O) groups excluding carboxylic acids is 2. The number of ether oxygens (including phenoxy) is 3. The lowest BCUT2D eigenvalue weighted by molar-refractivity contribution is -0.118. The van der Waals surface area contributed by atoms with E-state index in [1.807, 2.05) is 12.1 Å². The average Bonchev–Trinajstić information content (AvgIpc) is 2.66. The normalized spacial score (nSPS) is 12.5. The van der Waals surface area contributed by atoms with Crippen LogP contribution in [0.15, 0.2) is 36.4 Å². The van der Waals surface area contributed by atoms with Crippen LogP contribution in [0.25, 0.3) is 0 Å². The Morgan fingerprint density at radius 2 is 2.04 bits per heavy atom. The number of rotatable bonds is 6. The van der Waals surface area contributed by atoms with Gasteiger partial charge in [0.15, 0.2) is 6.61 Å². The highest BCUT2D eigenvalue weighted by Crippen LogP contribution is 2.30. The molecule has 0 fully saturated rings. The van der Waals surface area contributed by atoms with Crippen LogP contribution in [0.3, 0.4) is 0 Å². The minimum Gasteiger partial charge on any atom is -0.497 e. The number of amides is 2. The molecule has 0 saturated carbocycles. The molecule has 0 atom stereocenters. The van der Waals surface area contributed by atoms with Gasteiger partial charge in [0.1, 0.15) is 17.2 Å². The van der Waals surface area contributed by atoms with Gasteiger partial charge in [0, 0.05) is 12.5 Å². The molecule has 0 radical (unpaired) electrons. The average molecular weight is 356 g/mol. The van der Waals surface area contributed by atoms with Gasteiger partial charge in [-0.25, -0.2) is 0 Å². The van der Waals surface area contributed by atoms with Crippen molar-refractivity contribution in [3.8, 4) is 17.2 Å². The van der Waals surface area contributed by atoms with Gasteiger partial charge in [-0.1, -0.05) is 6.07 Å². The van der Waals surface area contributed by atoms with Crippen molar-refractivity contribution in [1.82, 2.24) is 0 Å². The maximum atomic E-state index is 12.3. The molecule has 2 N–H and O–H groups in total. The van der Waals surface area contributed by atoms with E-state index < -0.39 is 0 Å². The van der Waals surface area contributed by atoms with E-state index in [1.54, 1.807) is 31.4 Å². The third kappa shape index (κ3) is 4.05. The first kappa shape index (κ1) is 17.6. The van der Waals surface area contributed by atoms with E-state index in [1.165, 1.54) is 7.11 Å². The van der Waals surface area contributed by atoms with Crippen LogP contribution >= 0.6 is 0 Å². The third-order valence-electron chi connectivity index (χ3n) is 4.00. The quantitative estimate of drug-likeness (QED) is 0.831. The minimum absolute atomic E-state index is 0.0262. The fraction of sp³-hybridized carbons (Fsp3) is 0.263. The van der Waals surface area contributed by atoms with Gasteiger partial charge >= 0.3 is 0 Å². The Morgan fingerprint density at radius 1 is 1.19 bits per heavy atom. The molecule has 1 aliphatic rings. The van der Waals surface area contributed by atoms with Crippen LogP contribution in [0.5, 0.6) is 17.2 Å². The number of hydrogen-bond donors (Lipinski definition) is 2. The summed E-state index contributed by atoms with van der Waals surface area (Å²) in [7, 11) is 3.10. The van der Waals surface area contributed by atoms with Crippen LogP contribution in [-0.2, 0) is 16.0 Å². The molecule has 2 amide bonds. The molecule has 0 saturated heterocycles. The lowest BCUT2D eigenvalue weighted by Crippen LogP contribution is -2.25. The van der Waals surface area contributed by atoms with E-state index in [0.29, 0.717) is 41.5 Å². The van der Waals surface area contributed by atoms with Crippen LogP contribution in [0.1, 0.15) is 12.0 Å². The van der Waals surface area contributed by atoms with Gasteiger partial charge in [-0.15, -0.1) is 0 Å². The van der Waals surface area contributed by atoms with Crippen molar-refractivity contribution in [2.45, 2.75) is 12.8 Å². The molecule has 0 aliphatic carbocycles. The zero-order valence-electron chi connectivity index (χ0n) is 14.6. The monoisotopic (exact) mass is 356 g/mol. The fourth-order valence-corrected chi connectivity index (χ4v) is 2.66. The molecule has 0 unspecified atom stereocenters. The van der Waals surface area contributed by atoms with E-state index in [0.717, 1.165) is 5.56 Å². The third-order valence-corrected chi connectivity index (χ3v) is 4.00. The summed E-state index contributed by atoms with van der Waals surface area (Å²) >= 11 is 0. The number of methoxy groups -OCH3 is 2. The molecule has 0 aromatic heterocycles. The second-order valence-corrected chi connectivity index (χ2v) is 5.78. The van der Waals surface area contributed by atoms with E-state index >= 15 is 0 Å². The van der Waals surface area contributed by atoms with Crippen molar-refractivity contribution >= 4 is 23.2 Å². The summed E-state index contributed by atoms with van der Waals surface area (Å²) in [6.07, 6.45) is 0.830. The van der Waals surface area contributed by atoms with Crippen molar-refractivity contribution in [1.29, 1.82) is 0 Å². The van der Waals surface area contributed by atoms with Crippen LogP contribution in [0.2, 0.25) is 0 Å². The van der Waals surface area contributed by atoms with Gasteiger partial charge in [0.2, 0.25) is 5.91 Å². The molecule has 26 heavy (non-hydrogen) atoms. The zero-order chi connectivity index (χ0) is 18.5. The number of fused-ring (bicyclic) bond motifs is 1. The van der Waals surface area contributed by atoms with Gasteiger partial charge in [0.25, 0.3) is 5.91 Å². The largest absolute Gasteiger partial charge is 0.497 e. The molecule has 0 bridgehead atoms. The Bertz CT molecular complexity index is 835. The molecule has 3 rings (SSSR count). The van der Waals surface area contributed by atoms with Crippen molar-refractivity contribution in [3.05, 3.63) is 42.0 Å². The Labute approximate surface area is 151 Å². The number of nitrogens with one attached hydrogen (secondary N) is 2. The van der Waals surface area contributed by atoms with Gasteiger partial charge in [-0.2, -0.15) is 0 Å². The highest BCUT2D eigenvalue weighted by atomic mass is 16.5. The molecule has 0 spiro atoms. The molecule has 7 nitrogen and oxygen atoms in total. The van der Waals surface area contributed by atoms with Crippen molar-refractivity contribution in [2.24, 2.45) is 0 Å². The Balaban J connectivity index is 1.61. The zero-order valence-corrected chi connectivity index (χ0v) is 14.6. The molecule has 2 aromatic rings. The summed E-state index contributed by atoms with van der Waals surface area (Å²) in [5, 5.41) is 5.60. The van der Waals surface area contributed by atoms with Gasteiger partial charge in [-0.05, 0) is 36.2 Å². The number of anilines is 2. The van der Waals surface area contributed by atoms with Crippen LogP contribution in [-0.4, -0.2) is 32.6 Å². The van der Waals surface area contributed by atoms with E-state index in [-0.39, 0.29) is 18.4 Å². The Hall–Kier alpha value is -3.22. The van der Waals surface area contributed by atoms with Gasteiger partial charge < -0.3 is 24.8 Å². The highest BCUT2D eigenvalue weighted by molar-refractivity contribution is 5.95. The molecule has 136 valence electrons. The summed E-state index contributed by atoms with van der Waals surface area (Å²) in [5.74, 6) is 1.51. The smallest absolute Gasteiger partial charge is 0.262 e. The van der Waals surface area contributed by atoms with Crippen LogP contribution in [0.4, 0.5) is 11.4 Å². The molecule has 1 aliphatic heterocycles. The first-order valence-electron chi connectivity index (χ1n) is 8.16. The van der Waals surface area contributed by atoms with Crippen LogP contribution < -0.4 is 24.8 Å². The summed E-state index contributed by atoms with van der Waals surface area (Å²) in [5.41, 5.74) is 2.16. The lowest BCUT2D eigenvalue weighted by atomic mass is 10.1. The van der Waals surface area contributed by atoms with Gasteiger partial charge in [0.05, 0.1) is 25.6 Å². The second kappa shape index (κ2) is 7.77. The van der Waals surface area contributed by atoms with Crippen molar-refractivity contribution in [2.75, 3.05) is 31.5 Å². The van der Waals surface area contributed by atoms with Gasteiger partial charge in [-0.3, -0.25) is 9.59 Å². The maximum absolute atomic E-state index is 12.3. The first-order chi connectivity index (χ1) is 12.6. The van der Waals surface area contributed by atoms with Crippen molar-refractivity contribution in [3.63, 3.8) is 0 Å². The number of carbonyl (C=O) groups is 2. The lowest BCUT2D eigenvalue weighted by Gasteiger charge is -2.18. The summed E-state index contributed by atoms with van der Waals surface area (Å²) in [4.78, 5) is 23.6. The summed E-state index contributed by atoms with van der Waals surface area (Å²) in [6.45, 7) is 0.0262. The predicted molar refractivity (Wildman–Crippen MR) is 97.1 cm³/mol. The molecular weight excluding hydrogens is 336 g/mol. The minimum atomic E-state index is -0.181. The molecule has 2 aromatic carbocycles. The first-order valence-corrected chi connectivity index (χ1v) is 8.16. The summed E-state index contributed by atoms with van der Waals surface area (Å²) < 4.78 is 15.7. The molecule has 7 heteroatoms. The molecular formula is C19H20N2O5. The number of benzene rings is 2. The number of aryl methyl sites for hydroxylation is 1. The number of hydrogen-bond acceptors (Lipinski definition) is 5. The standard InChI is InChI=1S/C19H20N2O5/c1-24-13-5-6-14(17(10-13)25-2)20-18(22)8-4-12-3-7-16-15(9-12)21-19(23)11-26-16/h3,5-7,9-10H,4,8,11H2,1-2H3,(H,20,22)(H,21,23). The summed E-state index contributed by atoms with van der Waals surface area (Å²) in [6, 6.07) is 10.7. The highest BCUT2D eigenvalue weighted by Gasteiger charge is 2.16. The molecule has 1 heterocycles. The topological polar surface area (TPSA) is 85.9 Å². The van der Waals surface area contributed by atoms with E-state index in [2.05, 4.69) is 10.6 Å². The Kier molecular flexibility index (Phi) is 5.26. The van der Waals surface area contributed by atoms with E-state index in [4.69, 9.17) is 14.2 Å². The fourth-order valence-electron chi connectivity index (χ4n) is 2.66. The van der Waals surface area contributed by atoms with Crippen molar-refractivity contribution < 1.29 is 23.8 Å². The van der Waals surface area contributed by atoms with E-state index in [9.17, 15) is 9.59 Å².